The molecule has 0 aliphatic carbocycles. The van der Waals surface area contributed by atoms with Crippen molar-refractivity contribution >= 4 is 45.1 Å². The van der Waals surface area contributed by atoms with Crippen LogP contribution in [-0.4, -0.2) is 61.8 Å². The maximum atomic E-state index is 12.9. The van der Waals surface area contributed by atoms with Gasteiger partial charge in [0.25, 0.3) is 5.91 Å². The summed E-state index contributed by atoms with van der Waals surface area (Å²) >= 11 is 12.1. The molecule has 1 aromatic rings. The Kier molecular flexibility index (Phi) is 7.66. The van der Waals surface area contributed by atoms with Crippen molar-refractivity contribution in [2.75, 3.05) is 26.2 Å². The monoisotopic (exact) mass is 476 g/mol. The maximum absolute atomic E-state index is 12.9. The molecule has 2 aliphatic heterocycles. The third kappa shape index (κ3) is 5.10. The minimum atomic E-state index is -3.86. The number of rotatable bonds is 5. The highest BCUT2D eigenvalue weighted by Crippen LogP contribution is 2.33. The fraction of sp³-hybridized carbons (Fsp3) is 0.600. The summed E-state index contributed by atoms with van der Waals surface area (Å²) in [5, 5.41) is 0.129. The summed E-state index contributed by atoms with van der Waals surface area (Å²) in [7, 11) is -3.86. The van der Waals surface area contributed by atoms with Crippen molar-refractivity contribution in [3.8, 4) is 0 Å². The molecule has 2 aliphatic rings. The van der Waals surface area contributed by atoms with E-state index in [2.05, 4.69) is 0 Å². The van der Waals surface area contributed by atoms with Gasteiger partial charge in [-0.2, -0.15) is 4.31 Å². The van der Waals surface area contributed by atoms with Crippen LogP contribution in [0, 0.1) is 5.92 Å². The lowest BCUT2D eigenvalue weighted by molar-refractivity contribution is -0.157. The number of ether oxygens (including phenoxy) is 1. The average Bonchev–Trinajstić information content (AvgIpc) is 2.72. The standard InChI is InChI=1S/C20H26Cl2N2O5S/c1-14-5-2-3-10-24(14)18(25)13-29-20(26)15-8-11-23(12-9-15)30(27,28)19-16(21)6-4-7-17(19)22/h4,6-7,14-15H,2-3,5,8-13H2,1H3/t14-/m1/s1. The Morgan fingerprint density at radius 1 is 1.07 bits per heavy atom. The Bertz CT molecular complexity index is 880. The van der Waals surface area contributed by atoms with Crippen LogP contribution in [0.15, 0.2) is 23.1 Å². The number of hydrogen-bond acceptors (Lipinski definition) is 5. The predicted octanol–water partition coefficient (Wildman–Crippen LogP) is 3.34. The van der Waals surface area contributed by atoms with E-state index < -0.39 is 21.9 Å². The number of likely N-dealkylation sites (tertiary alicyclic amines) is 1. The number of halogens is 2. The number of hydrogen-bond donors (Lipinski definition) is 0. The number of sulfonamides is 1. The summed E-state index contributed by atoms with van der Waals surface area (Å²) in [6, 6.07) is 4.70. The van der Waals surface area contributed by atoms with E-state index in [9.17, 15) is 18.0 Å². The minimum Gasteiger partial charge on any atom is -0.455 e. The molecule has 0 saturated carbocycles. The van der Waals surface area contributed by atoms with Crippen LogP contribution in [0.5, 0.6) is 0 Å². The maximum Gasteiger partial charge on any atom is 0.309 e. The number of carbonyl (C=O) groups excluding carboxylic acids is 2. The first-order valence-corrected chi connectivity index (χ1v) is 12.3. The molecule has 7 nitrogen and oxygen atoms in total. The zero-order chi connectivity index (χ0) is 21.9. The van der Waals surface area contributed by atoms with Crippen LogP contribution in [0.3, 0.4) is 0 Å². The second kappa shape index (κ2) is 9.85. The van der Waals surface area contributed by atoms with Crippen LogP contribution in [0.1, 0.15) is 39.0 Å². The van der Waals surface area contributed by atoms with Gasteiger partial charge in [-0.05, 0) is 51.2 Å². The summed E-state index contributed by atoms with van der Waals surface area (Å²) in [5.74, 6) is -1.07. The summed E-state index contributed by atoms with van der Waals surface area (Å²) in [6.07, 6.45) is 3.66. The molecule has 1 aromatic carbocycles. The first-order chi connectivity index (χ1) is 14.2. The highest BCUT2D eigenvalue weighted by Gasteiger charge is 2.35. The normalized spacial score (nSPS) is 21.4. The molecule has 2 heterocycles. The lowest BCUT2D eigenvalue weighted by atomic mass is 9.98. The van der Waals surface area contributed by atoms with Crippen molar-refractivity contribution < 1.29 is 22.7 Å². The SMILES string of the molecule is C[C@@H]1CCCCN1C(=O)COC(=O)C1CCN(S(=O)(=O)c2c(Cl)cccc2Cl)CC1. The molecule has 10 heteroatoms. The van der Waals surface area contributed by atoms with Crippen LogP contribution in [0.25, 0.3) is 0 Å². The molecule has 3 rings (SSSR count). The molecule has 0 radical (unpaired) electrons. The first kappa shape index (κ1) is 23.3. The van der Waals surface area contributed by atoms with Crippen molar-refractivity contribution in [3.63, 3.8) is 0 Å². The van der Waals surface area contributed by atoms with Gasteiger partial charge < -0.3 is 9.64 Å². The number of esters is 1. The number of benzene rings is 1. The van der Waals surface area contributed by atoms with E-state index in [0.29, 0.717) is 19.4 Å². The molecule has 166 valence electrons. The zero-order valence-corrected chi connectivity index (χ0v) is 19.2. The molecular weight excluding hydrogens is 451 g/mol. The highest BCUT2D eigenvalue weighted by molar-refractivity contribution is 7.89. The Hall–Kier alpha value is -1.35. The third-order valence-corrected chi connectivity index (χ3v) is 8.62. The lowest BCUT2D eigenvalue weighted by Gasteiger charge is -2.33. The Morgan fingerprint density at radius 3 is 2.30 bits per heavy atom. The summed E-state index contributed by atoms with van der Waals surface area (Å²) in [4.78, 5) is 26.4. The number of piperidine rings is 2. The molecule has 30 heavy (non-hydrogen) atoms. The third-order valence-electron chi connectivity index (χ3n) is 5.77. The van der Waals surface area contributed by atoms with Crippen LogP contribution < -0.4 is 0 Å². The van der Waals surface area contributed by atoms with Gasteiger partial charge in [-0.3, -0.25) is 9.59 Å². The fourth-order valence-corrected chi connectivity index (χ4v) is 6.55. The van der Waals surface area contributed by atoms with Crippen LogP contribution >= 0.6 is 23.2 Å². The number of carbonyl (C=O) groups is 2. The van der Waals surface area contributed by atoms with E-state index in [1.165, 1.54) is 16.4 Å². The van der Waals surface area contributed by atoms with Gasteiger partial charge in [0.05, 0.1) is 16.0 Å². The van der Waals surface area contributed by atoms with Gasteiger partial charge in [0.2, 0.25) is 10.0 Å². The minimum absolute atomic E-state index is 0.0643. The van der Waals surface area contributed by atoms with E-state index in [1.807, 2.05) is 6.92 Å². The molecule has 2 fully saturated rings. The van der Waals surface area contributed by atoms with Crippen LogP contribution in [0.4, 0.5) is 0 Å². The van der Waals surface area contributed by atoms with E-state index in [4.69, 9.17) is 27.9 Å². The van der Waals surface area contributed by atoms with Gasteiger partial charge in [-0.15, -0.1) is 0 Å². The topological polar surface area (TPSA) is 84.0 Å². The second-order valence-electron chi connectivity index (χ2n) is 7.77. The molecule has 2 saturated heterocycles. The summed E-state index contributed by atoms with van der Waals surface area (Å²) in [6.45, 7) is 2.73. The van der Waals surface area contributed by atoms with Gasteiger partial charge in [-0.25, -0.2) is 8.42 Å². The average molecular weight is 477 g/mol. The number of amides is 1. The second-order valence-corrected chi connectivity index (χ2v) is 10.5. The highest BCUT2D eigenvalue weighted by atomic mass is 35.5. The first-order valence-electron chi connectivity index (χ1n) is 10.1. The van der Waals surface area contributed by atoms with Gasteiger partial charge >= 0.3 is 5.97 Å². The van der Waals surface area contributed by atoms with Crippen molar-refractivity contribution in [2.45, 2.75) is 50.0 Å². The van der Waals surface area contributed by atoms with Crippen LogP contribution in [-0.2, 0) is 24.3 Å². The largest absolute Gasteiger partial charge is 0.455 e. The van der Waals surface area contributed by atoms with Gasteiger partial charge in [0.1, 0.15) is 4.90 Å². The van der Waals surface area contributed by atoms with Crippen molar-refractivity contribution in [2.24, 2.45) is 5.92 Å². The van der Waals surface area contributed by atoms with E-state index in [-0.39, 0.29) is 46.6 Å². The Morgan fingerprint density at radius 2 is 1.70 bits per heavy atom. The van der Waals surface area contributed by atoms with Crippen LogP contribution in [0.2, 0.25) is 10.0 Å². The van der Waals surface area contributed by atoms with Gasteiger partial charge in [0, 0.05) is 25.7 Å². The Labute approximate surface area is 187 Å². The molecule has 1 amide bonds. The lowest BCUT2D eigenvalue weighted by Crippen LogP contribution is -2.45. The smallest absolute Gasteiger partial charge is 0.309 e. The molecule has 1 atom stereocenters. The number of nitrogens with zero attached hydrogens (tertiary/aromatic N) is 2. The van der Waals surface area contributed by atoms with E-state index in [1.54, 1.807) is 11.0 Å². The van der Waals surface area contributed by atoms with Crippen molar-refractivity contribution in [1.29, 1.82) is 0 Å². The van der Waals surface area contributed by atoms with Crippen molar-refractivity contribution in [3.05, 3.63) is 28.2 Å². The summed E-state index contributed by atoms with van der Waals surface area (Å²) < 4.78 is 32.4. The Balaban J connectivity index is 1.53. The molecule has 0 spiro atoms. The van der Waals surface area contributed by atoms with Gasteiger partial charge in [-0.1, -0.05) is 29.3 Å². The zero-order valence-electron chi connectivity index (χ0n) is 16.9. The molecule has 0 unspecified atom stereocenters. The quantitative estimate of drug-likeness (QED) is 0.608. The van der Waals surface area contributed by atoms with Crippen molar-refractivity contribution in [1.82, 2.24) is 9.21 Å². The predicted molar refractivity (Wildman–Crippen MR) is 114 cm³/mol. The fourth-order valence-electron chi connectivity index (χ4n) is 3.99. The molecule has 0 bridgehead atoms. The van der Waals surface area contributed by atoms with Gasteiger partial charge in [0.15, 0.2) is 6.61 Å². The molecule has 0 N–H and O–H groups in total. The molecule has 0 aromatic heterocycles. The van der Waals surface area contributed by atoms with E-state index in [0.717, 1.165) is 19.3 Å². The van der Waals surface area contributed by atoms with E-state index >= 15 is 0 Å². The summed E-state index contributed by atoms with van der Waals surface area (Å²) in [5.41, 5.74) is 0. The molecular formula is C20H26Cl2N2O5S.